The molecule has 0 spiro atoms. The first-order chi connectivity index (χ1) is 10.9. The van der Waals surface area contributed by atoms with Crippen LogP contribution >= 0.6 is 0 Å². The fourth-order valence-electron chi connectivity index (χ4n) is 2.49. The molecule has 108 valence electrons. The fraction of sp³-hybridized carbons (Fsp3) is 0.125. The quantitative estimate of drug-likeness (QED) is 0.799. The number of anilines is 3. The molecule has 0 fully saturated rings. The summed E-state index contributed by atoms with van der Waals surface area (Å²) in [4.78, 5) is 19.4. The van der Waals surface area contributed by atoms with E-state index in [2.05, 4.69) is 36.2 Å². The zero-order chi connectivity index (χ0) is 14.8. The predicted molar refractivity (Wildman–Crippen MR) is 83.7 cm³/mol. The zero-order valence-electron chi connectivity index (χ0n) is 11.8. The summed E-state index contributed by atoms with van der Waals surface area (Å²) in [6.45, 7) is 1.50. The molecule has 1 N–H and O–H groups in total. The lowest BCUT2D eigenvalue weighted by Crippen LogP contribution is -2.18. The van der Waals surface area contributed by atoms with Crippen molar-refractivity contribution in [2.24, 2.45) is 0 Å². The molecule has 6 nitrogen and oxygen atoms in total. The highest BCUT2D eigenvalue weighted by atomic mass is 15.3. The van der Waals surface area contributed by atoms with Crippen molar-refractivity contribution >= 4 is 17.6 Å². The van der Waals surface area contributed by atoms with E-state index in [0.717, 1.165) is 24.5 Å². The van der Waals surface area contributed by atoms with Gasteiger partial charge in [-0.3, -0.25) is 4.98 Å². The Hall–Kier alpha value is -3.02. The number of nitrogens with one attached hydrogen (secondary N) is 1. The third-order valence-corrected chi connectivity index (χ3v) is 3.56. The van der Waals surface area contributed by atoms with Gasteiger partial charge in [0.15, 0.2) is 0 Å². The van der Waals surface area contributed by atoms with Crippen molar-refractivity contribution in [2.75, 3.05) is 10.2 Å². The van der Waals surface area contributed by atoms with E-state index in [1.165, 1.54) is 11.9 Å². The van der Waals surface area contributed by atoms with Crippen LogP contribution in [-0.2, 0) is 13.1 Å². The van der Waals surface area contributed by atoms with E-state index in [4.69, 9.17) is 0 Å². The van der Waals surface area contributed by atoms with Crippen molar-refractivity contribution in [3.05, 3.63) is 66.2 Å². The standard InChI is InChI=1S/C16H14N6/c1-2-6-13(7-3-1)20-15-18-11-19-16(21-15)22-9-12-5-4-8-17-14(12)10-22/h1-8,11H,9-10H2,(H,18,19,20,21). The highest BCUT2D eigenvalue weighted by molar-refractivity contribution is 5.53. The second-order valence-corrected chi connectivity index (χ2v) is 5.07. The predicted octanol–water partition coefficient (Wildman–Crippen LogP) is 2.53. The maximum Gasteiger partial charge on any atom is 0.231 e. The molecule has 2 aromatic heterocycles. The van der Waals surface area contributed by atoms with Gasteiger partial charge in [-0.25, -0.2) is 9.97 Å². The molecule has 0 aliphatic carbocycles. The molecule has 0 saturated heterocycles. The number of hydrogen-bond donors (Lipinski definition) is 1. The van der Waals surface area contributed by atoms with Crippen molar-refractivity contribution in [3.8, 4) is 0 Å². The van der Waals surface area contributed by atoms with Gasteiger partial charge in [-0.1, -0.05) is 24.3 Å². The average molecular weight is 290 g/mol. The SMILES string of the molecule is c1ccc(Nc2ncnc(N3Cc4cccnc4C3)n2)cc1. The molecule has 0 saturated carbocycles. The van der Waals surface area contributed by atoms with Crippen LogP contribution in [0.15, 0.2) is 55.0 Å². The summed E-state index contributed by atoms with van der Waals surface area (Å²) in [6.07, 6.45) is 3.35. The van der Waals surface area contributed by atoms with Gasteiger partial charge in [0, 0.05) is 18.4 Å². The summed E-state index contributed by atoms with van der Waals surface area (Å²) in [5.74, 6) is 1.20. The first-order valence-corrected chi connectivity index (χ1v) is 7.07. The van der Waals surface area contributed by atoms with E-state index >= 15 is 0 Å². The number of para-hydroxylation sites is 1. The van der Waals surface area contributed by atoms with Crippen LogP contribution in [0.5, 0.6) is 0 Å². The minimum atomic E-state index is 0.542. The van der Waals surface area contributed by atoms with Crippen molar-refractivity contribution in [3.63, 3.8) is 0 Å². The van der Waals surface area contributed by atoms with E-state index in [1.54, 1.807) is 0 Å². The molecule has 1 aromatic carbocycles. The number of aromatic nitrogens is 4. The normalized spacial score (nSPS) is 13.0. The van der Waals surface area contributed by atoms with Crippen LogP contribution < -0.4 is 10.2 Å². The Bertz CT molecular complexity index is 764. The van der Waals surface area contributed by atoms with Gasteiger partial charge in [0.25, 0.3) is 0 Å². The lowest BCUT2D eigenvalue weighted by molar-refractivity contribution is 0.813. The molecule has 0 amide bonds. The van der Waals surface area contributed by atoms with Crippen LogP contribution in [-0.4, -0.2) is 19.9 Å². The Morgan fingerprint density at radius 2 is 1.82 bits per heavy atom. The molecule has 0 atom stereocenters. The Kier molecular flexibility index (Phi) is 3.12. The second-order valence-electron chi connectivity index (χ2n) is 5.07. The molecule has 0 bridgehead atoms. The number of fused-ring (bicyclic) bond motifs is 1. The van der Waals surface area contributed by atoms with Crippen LogP contribution in [0.3, 0.4) is 0 Å². The van der Waals surface area contributed by atoms with E-state index in [9.17, 15) is 0 Å². The van der Waals surface area contributed by atoms with Gasteiger partial charge in [0.2, 0.25) is 11.9 Å². The summed E-state index contributed by atoms with van der Waals surface area (Å²) < 4.78 is 0. The van der Waals surface area contributed by atoms with Gasteiger partial charge >= 0.3 is 0 Å². The third-order valence-electron chi connectivity index (χ3n) is 3.56. The van der Waals surface area contributed by atoms with Gasteiger partial charge in [0.1, 0.15) is 6.33 Å². The molecular weight excluding hydrogens is 276 g/mol. The maximum atomic E-state index is 4.50. The third kappa shape index (κ3) is 2.46. The molecule has 22 heavy (non-hydrogen) atoms. The second kappa shape index (κ2) is 5.40. The summed E-state index contributed by atoms with van der Waals surface area (Å²) in [5.41, 5.74) is 3.26. The number of rotatable bonds is 3. The van der Waals surface area contributed by atoms with E-state index in [0.29, 0.717) is 11.9 Å². The number of pyridine rings is 1. The minimum Gasteiger partial charge on any atom is -0.330 e. The van der Waals surface area contributed by atoms with Gasteiger partial charge in [-0.2, -0.15) is 4.98 Å². The smallest absolute Gasteiger partial charge is 0.231 e. The van der Waals surface area contributed by atoms with Crippen LogP contribution in [0.25, 0.3) is 0 Å². The lowest BCUT2D eigenvalue weighted by Gasteiger charge is -2.15. The summed E-state index contributed by atoms with van der Waals surface area (Å²) in [5, 5.41) is 3.18. The largest absolute Gasteiger partial charge is 0.330 e. The summed E-state index contributed by atoms with van der Waals surface area (Å²) >= 11 is 0. The summed E-state index contributed by atoms with van der Waals surface area (Å²) in [7, 11) is 0. The molecule has 3 heterocycles. The molecule has 3 aromatic rings. The molecule has 1 aliphatic heterocycles. The van der Waals surface area contributed by atoms with Crippen LogP contribution in [0, 0.1) is 0 Å². The van der Waals surface area contributed by atoms with Gasteiger partial charge in [0.05, 0.1) is 12.2 Å². The van der Waals surface area contributed by atoms with E-state index < -0.39 is 0 Å². The van der Waals surface area contributed by atoms with Gasteiger partial charge < -0.3 is 10.2 Å². The maximum absolute atomic E-state index is 4.50. The average Bonchev–Trinajstić information content (AvgIpc) is 3.00. The van der Waals surface area contributed by atoms with Gasteiger partial charge in [-0.15, -0.1) is 0 Å². The van der Waals surface area contributed by atoms with Crippen LogP contribution in [0.4, 0.5) is 17.6 Å². The van der Waals surface area contributed by atoms with E-state index in [1.807, 2.05) is 42.6 Å². The molecular formula is C16H14N6. The lowest BCUT2D eigenvalue weighted by atomic mass is 10.2. The fourth-order valence-corrected chi connectivity index (χ4v) is 2.49. The van der Waals surface area contributed by atoms with Crippen molar-refractivity contribution in [2.45, 2.75) is 13.1 Å². The van der Waals surface area contributed by atoms with E-state index in [-0.39, 0.29) is 0 Å². The molecule has 0 radical (unpaired) electrons. The molecule has 4 rings (SSSR count). The van der Waals surface area contributed by atoms with Gasteiger partial charge in [-0.05, 0) is 23.8 Å². The van der Waals surface area contributed by atoms with Crippen LogP contribution in [0.1, 0.15) is 11.3 Å². The van der Waals surface area contributed by atoms with Crippen molar-refractivity contribution in [1.82, 2.24) is 19.9 Å². The summed E-state index contributed by atoms with van der Waals surface area (Å²) in [6, 6.07) is 13.9. The van der Waals surface area contributed by atoms with Crippen molar-refractivity contribution in [1.29, 1.82) is 0 Å². The highest BCUT2D eigenvalue weighted by Gasteiger charge is 2.22. The zero-order valence-corrected chi connectivity index (χ0v) is 11.8. The molecule has 0 unspecified atom stereocenters. The Labute approximate surface area is 127 Å². The highest BCUT2D eigenvalue weighted by Crippen LogP contribution is 2.24. The Morgan fingerprint density at radius 3 is 2.68 bits per heavy atom. The van der Waals surface area contributed by atoms with Crippen molar-refractivity contribution < 1.29 is 0 Å². The number of hydrogen-bond acceptors (Lipinski definition) is 6. The topological polar surface area (TPSA) is 66.8 Å². The Balaban J connectivity index is 1.56. The first kappa shape index (κ1) is 12.7. The minimum absolute atomic E-state index is 0.542. The molecule has 1 aliphatic rings. The number of benzene rings is 1. The monoisotopic (exact) mass is 290 g/mol. The van der Waals surface area contributed by atoms with Crippen LogP contribution in [0.2, 0.25) is 0 Å². The Morgan fingerprint density at radius 1 is 0.909 bits per heavy atom. The first-order valence-electron chi connectivity index (χ1n) is 7.07. The number of nitrogens with zero attached hydrogens (tertiary/aromatic N) is 5. The molecule has 6 heteroatoms.